The van der Waals surface area contributed by atoms with E-state index < -0.39 is 0 Å². The van der Waals surface area contributed by atoms with Crippen LogP contribution in [0.3, 0.4) is 0 Å². The van der Waals surface area contributed by atoms with Crippen LogP contribution in [0, 0.1) is 0 Å². The standard InChI is InChI=1S/C17H14N2O/c1-19-12-15(13-8-4-2-5-9-13)16(18-17(19)20)14-10-6-3-7-11-14/h2-12H,1H3. The van der Waals surface area contributed by atoms with Crippen molar-refractivity contribution in [2.45, 2.75) is 0 Å². The van der Waals surface area contributed by atoms with Crippen molar-refractivity contribution >= 4 is 0 Å². The molecule has 0 unspecified atom stereocenters. The van der Waals surface area contributed by atoms with Gasteiger partial charge in [0, 0.05) is 24.4 Å². The SMILES string of the molecule is Cn1cc(-c2ccccc2)c(-c2ccccc2)nc1=O. The van der Waals surface area contributed by atoms with Crippen LogP contribution in [0.15, 0.2) is 71.7 Å². The highest BCUT2D eigenvalue weighted by atomic mass is 16.1. The van der Waals surface area contributed by atoms with Gasteiger partial charge in [0.05, 0.1) is 5.69 Å². The third-order valence-corrected chi connectivity index (χ3v) is 3.22. The highest BCUT2D eigenvalue weighted by molar-refractivity contribution is 5.79. The summed E-state index contributed by atoms with van der Waals surface area (Å²) in [4.78, 5) is 16.1. The van der Waals surface area contributed by atoms with Crippen molar-refractivity contribution in [3.05, 3.63) is 77.3 Å². The molecule has 0 radical (unpaired) electrons. The van der Waals surface area contributed by atoms with Crippen molar-refractivity contribution in [3.63, 3.8) is 0 Å². The molecule has 0 bridgehead atoms. The number of aromatic nitrogens is 2. The van der Waals surface area contributed by atoms with Gasteiger partial charge in [0.2, 0.25) is 0 Å². The minimum absolute atomic E-state index is 0.247. The Labute approximate surface area is 117 Å². The number of benzene rings is 2. The van der Waals surface area contributed by atoms with Gasteiger partial charge in [-0.15, -0.1) is 0 Å². The molecule has 0 saturated heterocycles. The molecule has 20 heavy (non-hydrogen) atoms. The lowest BCUT2D eigenvalue weighted by Gasteiger charge is -2.10. The van der Waals surface area contributed by atoms with E-state index in [1.54, 1.807) is 7.05 Å². The normalized spacial score (nSPS) is 10.4. The Hall–Kier alpha value is -2.68. The van der Waals surface area contributed by atoms with Gasteiger partial charge in [-0.2, -0.15) is 4.98 Å². The fourth-order valence-electron chi connectivity index (χ4n) is 2.19. The first-order chi connectivity index (χ1) is 9.75. The van der Waals surface area contributed by atoms with Crippen molar-refractivity contribution in [1.82, 2.24) is 9.55 Å². The maximum atomic E-state index is 11.8. The highest BCUT2D eigenvalue weighted by Crippen LogP contribution is 2.28. The fourth-order valence-corrected chi connectivity index (χ4v) is 2.19. The number of aryl methyl sites for hydroxylation is 1. The zero-order valence-corrected chi connectivity index (χ0v) is 11.2. The van der Waals surface area contributed by atoms with E-state index >= 15 is 0 Å². The Morgan fingerprint density at radius 1 is 0.850 bits per heavy atom. The number of rotatable bonds is 2. The van der Waals surface area contributed by atoms with Gasteiger partial charge >= 0.3 is 5.69 Å². The van der Waals surface area contributed by atoms with Gasteiger partial charge < -0.3 is 4.57 Å². The summed E-state index contributed by atoms with van der Waals surface area (Å²) in [5, 5.41) is 0. The molecule has 0 amide bonds. The number of hydrogen-bond donors (Lipinski definition) is 0. The van der Waals surface area contributed by atoms with Gasteiger partial charge in [-0.05, 0) is 5.56 Å². The first-order valence-corrected chi connectivity index (χ1v) is 6.44. The second kappa shape index (κ2) is 5.13. The molecule has 1 heterocycles. The van der Waals surface area contributed by atoms with Crippen molar-refractivity contribution in [2.24, 2.45) is 7.05 Å². The molecule has 3 rings (SSSR count). The largest absolute Gasteiger partial charge is 0.347 e. The van der Waals surface area contributed by atoms with E-state index in [2.05, 4.69) is 4.98 Å². The van der Waals surface area contributed by atoms with Crippen LogP contribution < -0.4 is 5.69 Å². The summed E-state index contributed by atoms with van der Waals surface area (Å²) in [5.74, 6) is 0. The first-order valence-electron chi connectivity index (χ1n) is 6.44. The van der Waals surface area contributed by atoms with Crippen LogP contribution in [-0.4, -0.2) is 9.55 Å². The number of nitrogens with zero attached hydrogens (tertiary/aromatic N) is 2. The maximum absolute atomic E-state index is 11.8. The van der Waals surface area contributed by atoms with Gasteiger partial charge in [-0.1, -0.05) is 60.7 Å². The van der Waals surface area contributed by atoms with Crippen molar-refractivity contribution < 1.29 is 0 Å². The van der Waals surface area contributed by atoms with Crippen LogP contribution >= 0.6 is 0 Å². The molecule has 0 aliphatic rings. The molecule has 0 aliphatic carbocycles. The van der Waals surface area contributed by atoms with E-state index in [-0.39, 0.29) is 5.69 Å². The van der Waals surface area contributed by atoms with Gasteiger partial charge in [-0.25, -0.2) is 4.79 Å². The molecule has 3 nitrogen and oxygen atoms in total. The predicted molar refractivity (Wildman–Crippen MR) is 80.4 cm³/mol. The summed E-state index contributed by atoms with van der Waals surface area (Å²) < 4.78 is 1.51. The number of hydrogen-bond acceptors (Lipinski definition) is 2. The van der Waals surface area contributed by atoms with Crippen LogP contribution in [0.2, 0.25) is 0 Å². The molecule has 0 spiro atoms. The van der Waals surface area contributed by atoms with E-state index in [4.69, 9.17) is 0 Å². The Balaban J connectivity index is 2.29. The Morgan fingerprint density at radius 3 is 2.00 bits per heavy atom. The highest BCUT2D eigenvalue weighted by Gasteiger charge is 2.10. The van der Waals surface area contributed by atoms with Crippen LogP contribution in [0.4, 0.5) is 0 Å². The van der Waals surface area contributed by atoms with Crippen LogP contribution in [0.1, 0.15) is 0 Å². The average molecular weight is 262 g/mol. The lowest BCUT2D eigenvalue weighted by atomic mass is 10.0. The van der Waals surface area contributed by atoms with Crippen LogP contribution in [0.25, 0.3) is 22.4 Å². The molecule has 0 saturated carbocycles. The molecule has 1 aromatic heterocycles. The average Bonchev–Trinajstić information content (AvgIpc) is 2.51. The molecular formula is C17H14N2O. The van der Waals surface area contributed by atoms with E-state index in [0.717, 1.165) is 22.4 Å². The first kappa shape index (κ1) is 12.4. The Kier molecular flexibility index (Phi) is 3.17. The third kappa shape index (κ3) is 2.26. The lowest BCUT2D eigenvalue weighted by Crippen LogP contribution is -2.20. The van der Waals surface area contributed by atoms with Gasteiger partial charge in [0.25, 0.3) is 0 Å². The predicted octanol–water partition coefficient (Wildman–Crippen LogP) is 3.11. The van der Waals surface area contributed by atoms with E-state index in [9.17, 15) is 4.79 Å². The molecule has 3 heteroatoms. The molecule has 0 N–H and O–H groups in total. The minimum Gasteiger partial charge on any atom is -0.302 e. The lowest BCUT2D eigenvalue weighted by molar-refractivity contribution is 0.815. The zero-order valence-electron chi connectivity index (χ0n) is 11.2. The van der Waals surface area contributed by atoms with E-state index in [1.807, 2.05) is 66.9 Å². The molecule has 0 aliphatic heterocycles. The summed E-state index contributed by atoms with van der Waals surface area (Å²) in [6.07, 6.45) is 1.84. The molecular weight excluding hydrogens is 248 g/mol. The van der Waals surface area contributed by atoms with Gasteiger partial charge in [0.15, 0.2) is 0 Å². The maximum Gasteiger partial charge on any atom is 0.347 e. The monoisotopic (exact) mass is 262 g/mol. The quantitative estimate of drug-likeness (QED) is 0.711. The Morgan fingerprint density at radius 2 is 1.40 bits per heavy atom. The van der Waals surface area contributed by atoms with E-state index in [0.29, 0.717) is 0 Å². The molecule has 0 atom stereocenters. The topological polar surface area (TPSA) is 34.9 Å². The Bertz CT molecular complexity index is 777. The molecule has 0 fully saturated rings. The van der Waals surface area contributed by atoms with Crippen LogP contribution in [0.5, 0.6) is 0 Å². The summed E-state index contributed by atoms with van der Waals surface area (Å²) in [6, 6.07) is 19.8. The summed E-state index contributed by atoms with van der Waals surface area (Å²) >= 11 is 0. The summed E-state index contributed by atoms with van der Waals surface area (Å²) in [5.41, 5.74) is 3.43. The molecule has 3 aromatic rings. The fraction of sp³-hybridized carbons (Fsp3) is 0.0588. The second-order valence-corrected chi connectivity index (χ2v) is 4.63. The second-order valence-electron chi connectivity index (χ2n) is 4.63. The minimum atomic E-state index is -0.247. The summed E-state index contributed by atoms with van der Waals surface area (Å²) in [6.45, 7) is 0. The van der Waals surface area contributed by atoms with Crippen LogP contribution in [-0.2, 0) is 7.05 Å². The van der Waals surface area contributed by atoms with Gasteiger partial charge in [0.1, 0.15) is 0 Å². The zero-order chi connectivity index (χ0) is 13.9. The molecule has 2 aromatic carbocycles. The van der Waals surface area contributed by atoms with Crippen molar-refractivity contribution in [3.8, 4) is 22.4 Å². The van der Waals surface area contributed by atoms with E-state index in [1.165, 1.54) is 4.57 Å². The van der Waals surface area contributed by atoms with Crippen molar-refractivity contribution in [1.29, 1.82) is 0 Å². The van der Waals surface area contributed by atoms with Gasteiger partial charge in [-0.3, -0.25) is 0 Å². The van der Waals surface area contributed by atoms with Crippen molar-refractivity contribution in [2.75, 3.05) is 0 Å². The summed E-state index contributed by atoms with van der Waals surface area (Å²) in [7, 11) is 1.72. The molecule has 98 valence electrons. The smallest absolute Gasteiger partial charge is 0.302 e. The third-order valence-electron chi connectivity index (χ3n) is 3.22.